The number of nitrogen functional groups attached to an aromatic ring is 1. The molecule has 0 aliphatic carbocycles. The van der Waals surface area contributed by atoms with Gasteiger partial charge in [-0.25, -0.2) is 14.4 Å². The zero-order valence-corrected chi connectivity index (χ0v) is 8.54. The van der Waals surface area contributed by atoms with E-state index >= 15 is 0 Å². The van der Waals surface area contributed by atoms with Crippen molar-refractivity contribution < 1.29 is 9.13 Å². The third kappa shape index (κ3) is 2.38. The van der Waals surface area contributed by atoms with Crippen LogP contribution >= 0.6 is 0 Å². The van der Waals surface area contributed by atoms with Crippen LogP contribution in [0.25, 0.3) is 0 Å². The standard InChI is InChI=1S/C9H14FN3O/c1-5(14-3)4-7-12-6(2)8(10)9(11)13-7/h5H,4H2,1-3H3,(H2,11,12,13). The van der Waals surface area contributed by atoms with Crippen molar-refractivity contribution in [3.05, 3.63) is 17.3 Å². The maximum Gasteiger partial charge on any atom is 0.186 e. The van der Waals surface area contributed by atoms with E-state index in [1.807, 2.05) is 6.92 Å². The predicted molar refractivity (Wildman–Crippen MR) is 51.3 cm³/mol. The molecule has 4 nitrogen and oxygen atoms in total. The van der Waals surface area contributed by atoms with Gasteiger partial charge in [-0.2, -0.15) is 0 Å². The smallest absolute Gasteiger partial charge is 0.186 e. The van der Waals surface area contributed by atoms with Crippen LogP contribution in [0.4, 0.5) is 10.2 Å². The molecule has 78 valence electrons. The van der Waals surface area contributed by atoms with Crippen LogP contribution in [0.5, 0.6) is 0 Å². The van der Waals surface area contributed by atoms with Crippen molar-refractivity contribution in [2.24, 2.45) is 0 Å². The van der Waals surface area contributed by atoms with E-state index in [4.69, 9.17) is 10.5 Å². The van der Waals surface area contributed by atoms with E-state index in [2.05, 4.69) is 9.97 Å². The SMILES string of the molecule is COC(C)Cc1nc(C)c(F)c(N)n1. The van der Waals surface area contributed by atoms with Gasteiger partial charge in [-0.3, -0.25) is 0 Å². The second-order valence-electron chi connectivity index (χ2n) is 3.17. The number of aromatic nitrogens is 2. The summed E-state index contributed by atoms with van der Waals surface area (Å²) in [5.41, 5.74) is 5.65. The maximum absolute atomic E-state index is 13.0. The normalized spacial score (nSPS) is 12.9. The molecule has 0 amide bonds. The van der Waals surface area contributed by atoms with E-state index in [1.165, 1.54) is 0 Å². The zero-order chi connectivity index (χ0) is 10.7. The summed E-state index contributed by atoms with van der Waals surface area (Å²) in [4.78, 5) is 7.81. The van der Waals surface area contributed by atoms with Crippen LogP contribution in [0.1, 0.15) is 18.4 Å². The van der Waals surface area contributed by atoms with Crippen LogP contribution in [0.15, 0.2) is 0 Å². The summed E-state index contributed by atoms with van der Waals surface area (Å²) < 4.78 is 18.1. The van der Waals surface area contributed by atoms with E-state index in [0.717, 1.165) is 0 Å². The van der Waals surface area contributed by atoms with Gasteiger partial charge in [-0.05, 0) is 13.8 Å². The van der Waals surface area contributed by atoms with Crippen molar-refractivity contribution >= 4 is 5.82 Å². The average Bonchev–Trinajstić information content (AvgIpc) is 2.14. The lowest BCUT2D eigenvalue weighted by molar-refractivity contribution is 0.117. The van der Waals surface area contributed by atoms with Crippen molar-refractivity contribution in [1.82, 2.24) is 9.97 Å². The second-order valence-corrected chi connectivity index (χ2v) is 3.17. The molecule has 0 spiro atoms. The third-order valence-electron chi connectivity index (χ3n) is 1.96. The second kappa shape index (κ2) is 4.32. The first-order chi connectivity index (χ1) is 6.54. The Morgan fingerprint density at radius 1 is 1.50 bits per heavy atom. The molecule has 5 heteroatoms. The summed E-state index contributed by atoms with van der Waals surface area (Å²) in [5, 5.41) is 0. The molecular weight excluding hydrogens is 185 g/mol. The summed E-state index contributed by atoms with van der Waals surface area (Å²) in [6.45, 7) is 3.45. The Morgan fingerprint density at radius 2 is 2.14 bits per heavy atom. The number of anilines is 1. The molecule has 1 atom stereocenters. The molecule has 0 aromatic carbocycles. The number of hydrogen-bond acceptors (Lipinski definition) is 4. The van der Waals surface area contributed by atoms with Crippen molar-refractivity contribution in [2.45, 2.75) is 26.4 Å². The summed E-state index contributed by atoms with van der Waals surface area (Å²) in [6, 6.07) is 0. The number of hydrogen-bond donors (Lipinski definition) is 1. The highest BCUT2D eigenvalue weighted by Crippen LogP contribution is 2.11. The Labute approximate surface area is 82.3 Å². The average molecular weight is 199 g/mol. The molecule has 14 heavy (non-hydrogen) atoms. The van der Waals surface area contributed by atoms with E-state index in [0.29, 0.717) is 12.2 Å². The van der Waals surface area contributed by atoms with Crippen LogP contribution in [-0.2, 0) is 11.2 Å². The third-order valence-corrected chi connectivity index (χ3v) is 1.96. The molecule has 0 aliphatic heterocycles. The van der Waals surface area contributed by atoms with Gasteiger partial charge in [0.2, 0.25) is 0 Å². The minimum Gasteiger partial charge on any atom is -0.381 e. The first-order valence-electron chi connectivity index (χ1n) is 4.36. The number of aryl methyl sites for hydroxylation is 1. The first-order valence-corrected chi connectivity index (χ1v) is 4.36. The molecule has 1 heterocycles. The number of nitrogens with two attached hydrogens (primary N) is 1. The molecular formula is C9H14FN3O. The fourth-order valence-corrected chi connectivity index (χ4v) is 1.07. The number of methoxy groups -OCH3 is 1. The van der Waals surface area contributed by atoms with E-state index in [1.54, 1.807) is 14.0 Å². The lowest BCUT2D eigenvalue weighted by Crippen LogP contribution is -2.14. The van der Waals surface area contributed by atoms with Crippen molar-refractivity contribution in [3.63, 3.8) is 0 Å². The highest BCUT2D eigenvalue weighted by molar-refractivity contribution is 5.32. The lowest BCUT2D eigenvalue weighted by atomic mass is 10.2. The van der Waals surface area contributed by atoms with Crippen LogP contribution in [-0.4, -0.2) is 23.2 Å². The largest absolute Gasteiger partial charge is 0.381 e. The number of rotatable bonds is 3. The predicted octanol–water partition coefficient (Wildman–Crippen LogP) is 1.08. The molecule has 0 saturated carbocycles. The molecule has 0 bridgehead atoms. The molecule has 0 aliphatic rings. The molecule has 0 fully saturated rings. The lowest BCUT2D eigenvalue weighted by Gasteiger charge is -2.09. The zero-order valence-electron chi connectivity index (χ0n) is 8.54. The van der Waals surface area contributed by atoms with Gasteiger partial charge in [-0.15, -0.1) is 0 Å². The van der Waals surface area contributed by atoms with Crippen LogP contribution < -0.4 is 5.73 Å². The highest BCUT2D eigenvalue weighted by atomic mass is 19.1. The van der Waals surface area contributed by atoms with Crippen LogP contribution in [0, 0.1) is 12.7 Å². The van der Waals surface area contributed by atoms with Crippen LogP contribution in [0.3, 0.4) is 0 Å². The fraction of sp³-hybridized carbons (Fsp3) is 0.556. The van der Waals surface area contributed by atoms with Gasteiger partial charge in [0.25, 0.3) is 0 Å². The molecule has 1 aromatic heterocycles. The molecule has 0 radical (unpaired) electrons. The quantitative estimate of drug-likeness (QED) is 0.791. The minimum absolute atomic E-state index is 0.000684. The summed E-state index contributed by atoms with van der Waals surface area (Å²) >= 11 is 0. The van der Waals surface area contributed by atoms with Gasteiger partial charge < -0.3 is 10.5 Å². The summed E-state index contributed by atoms with van der Waals surface area (Å²) in [6.07, 6.45) is 0.529. The Bertz CT molecular complexity index is 307. The van der Waals surface area contributed by atoms with Gasteiger partial charge in [-0.1, -0.05) is 0 Å². The molecule has 0 saturated heterocycles. The number of nitrogens with zero attached hydrogens (tertiary/aromatic N) is 2. The van der Waals surface area contributed by atoms with E-state index in [9.17, 15) is 4.39 Å². The minimum atomic E-state index is -0.543. The molecule has 2 N–H and O–H groups in total. The Morgan fingerprint density at radius 3 is 2.64 bits per heavy atom. The Balaban J connectivity index is 2.89. The van der Waals surface area contributed by atoms with Gasteiger partial charge in [0.05, 0.1) is 11.8 Å². The van der Waals surface area contributed by atoms with Gasteiger partial charge >= 0.3 is 0 Å². The van der Waals surface area contributed by atoms with Crippen molar-refractivity contribution in [1.29, 1.82) is 0 Å². The van der Waals surface area contributed by atoms with Crippen LogP contribution in [0.2, 0.25) is 0 Å². The molecule has 1 unspecified atom stereocenters. The topological polar surface area (TPSA) is 61.0 Å². The first kappa shape index (κ1) is 10.8. The van der Waals surface area contributed by atoms with E-state index in [-0.39, 0.29) is 17.6 Å². The van der Waals surface area contributed by atoms with Gasteiger partial charge in [0, 0.05) is 13.5 Å². The van der Waals surface area contributed by atoms with Gasteiger partial charge in [0.1, 0.15) is 5.82 Å². The molecule has 1 aromatic rings. The highest BCUT2D eigenvalue weighted by Gasteiger charge is 2.10. The van der Waals surface area contributed by atoms with Crippen molar-refractivity contribution in [3.8, 4) is 0 Å². The maximum atomic E-state index is 13.0. The van der Waals surface area contributed by atoms with E-state index < -0.39 is 5.82 Å². The van der Waals surface area contributed by atoms with Gasteiger partial charge in [0.15, 0.2) is 11.6 Å². The number of halogens is 1. The Hall–Kier alpha value is -1.23. The van der Waals surface area contributed by atoms with Crippen molar-refractivity contribution in [2.75, 3.05) is 12.8 Å². The number of ether oxygens (including phenoxy) is 1. The summed E-state index contributed by atoms with van der Waals surface area (Å²) in [5.74, 6) is -0.134. The molecule has 1 rings (SSSR count). The monoisotopic (exact) mass is 199 g/mol. The Kier molecular flexibility index (Phi) is 3.35. The fourth-order valence-electron chi connectivity index (χ4n) is 1.07. The summed E-state index contributed by atoms with van der Waals surface area (Å²) in [7, 11) is 1.60.